The first kappa shape index (κ1) is 14.7. The number of hydrogen-bond acceptors (Lipinski definition) is 3. The molecule has 1 aromatic carbocycles. The maximum absolute atomic E-state index is 13.1. The van der Waals surface area contributed by atoms with Crippen LogP contribution < -0.4 is 16.4 Å². The van der Waals surface area contributed by atoms with Crippen LogP contribution in [-0.2, 0) is 4.79 Å². The molecule has 0 fully saturated rings. The molecule has 4 N–H and O–H groups in total. The number of carbonyl (C=O) groups excluding carboxylic acids is 2. The number of benzene rings is 1. The minimum absolute atomic E-state index is 0.915. The van der Waals surface area contributed by atoms with Crippen LogP contribution >= 0.6 is 0 Å². The first-order valence-corrected chi connectivity index (χ1v) is 4.60. The highest BCUT2D eigenvalue weighted by Crippen LogP contribution is 2.26. The predicted octanol–water partition coefficient (Wildman–Crippen LogP) is 0.989. The Balaban J connectivity index is 2.97. The summed E-state index contributed by atoms with van der Waals surface area (Å²) in [6.45, 7) is -0.915. The number of hydrogen-bond donors (Lipinski definition) is 3. The van der Waals surface area contributed by atoms with Crippen molar-refractivity contribution in [3.8, 4) is 0 Å². The summed E-state index contributed by atoms with van der Waals surface area (Å²) >= 11 is 0. The minimum atomic E-state index is -2.32. The van der Waals surface area contributed by atoms with Gasteiger partial charge in [-0.25, -0.2) is 26.7 Å². The maximum Gasteiger partial charge on any atom is 0.318 e. The molecule has 1 rings (SSSR count). The van der Waals surface area contributed by atoms with Gasteiger partial charge in [0.25, 0.3) is 0 Å². The van der Waals surface area contributed by atoms with Gasteiger partial charge in [-0.3, -0.25) is 10.1 Å². The summed E-state index contributed by atoms with van der Waals surface area (Å²) in [5.74, 6) is -12.0. The maximum atomic E-state index is 13.1. The van der Waals surface area contributed by atoms with Gasteiger partial charge < -0.3 is 11.1 Å². The van der Waals surface area contributed by atoms with E-state index in [2.05, 4.69) is 5.73 Å². The number of rotatable bonds is 3. The molecule has 0 aromatic heterocycles. The zero-order valence-electron chi connectivity index (χ0n) is 8.99. The average Bonchev–Trinajstić information content (AvgIpc) is 2.33. The number of imide groups is 1. The molecular weight excluding hydrogens is 277 g/mol. The fourth-order valence-corrected chi connectivity index (χ4v) is 1.11. The third-order valence-corrected chi connectivity index (χ3v) is 1.90. The molecule has 0 radical (unpaired) electrons. The summed E-state index contributed by atoms with van der Waals surface area (Å²) in [5, 5.41) is 3.20. The van der Waals surface area contributed by atoms with Crippen LogP contribution in [0.4, 0.5) is 32.4 Å². The van der Waals surface area contributed by atoms with E-state index in [1.807, 2.05) is 0 Å². The SMILES string of the molecule is NC(=O)NC(=O)CNc1c(F)c(F)c(F)c(F)c1F. The molecule has 0 heterocycles. The van der Waals surface area contributed by atoms with Gasteiger partial charge >= 0.3 is 6.03 Å². The third kappa shape index (κ3) is 3.09. The van der Waals surface area contributed by atoms with E-state index in [0.29, 0.717) is 0 Å². The van der Waals surface area contributed by atoms with Gasteiger partial charge in [0, 0.05) is 0 Å². The standard InChI is InChI=1S/C9H6F5N3O2/c10-3-4(11)6(13)8(7(14)5(3)12)16-1-2(18)17-9(15)19/h16H,1H2,(H3,15,17,18,19). The van der Waals surface area contributed by atoms with Crippen molar-refractivity contribution in [1.29, 1.82) is 0 Å². The van der Waals surface area contributed by atoms with Gasteiger partial charge in [-0.1, -0.05) is 0 Å². The van der Waals surface area contributed by atoms with Crippen LogP contribution in [0, 0.1) is 29.1 Å². The van der Waals surface area contributed by atoms with Crippen molar-refractivity contribution in [1.82, 2.24) is 5.32 Å². The Morgan fingerprint density at radius 3 is 1.74 bits per heavy atom. The van der Waals surface area contributed by atoms with Crippen molar-refractivity contribution in [2.75, 3.05) is 11.9 Å². The molecule has 10 heteroatoms. The molecule has 0 saturated carbocycles. The number of nitrogens with one attached hydrogen (secondary N) is 2. The summed E-state index contributed by atoms with van der Waals surface area (Å²) in [4.78, 5) is 21.2. The molecule has 104 valence electrons. The molecule has 1 aromatic rings. The van der Waals surface area contributed by atoms with E-state index >= 15 is 0 Å². The van der Waals surface area contributed by atoms with E-state index < -0.39 is 53.3 Å². The monoisotopic (exact) mass is 283 g/mol. The molecule has 0 aliphatic rings. The van der Waals surface area contributed by atoms with Crippen molar-refractivity contribution in [2.24, 2.45) is 5.73 Å². The lowest BCUT2D eigenvalue weighted by Gasteiger charge is -2.10. The molecule has 0 bridgehead atoms. The van der Waals surface area contributed by atoms with Crippen LogP contribution in [0.25, 0.3) is 0 Å². The summed E-state index contributed by atoms with van der Waals surface area (Å²) in [6, 6.07) is -1.23. The molecule has 0 spiro atoms. The average molecular weight is 283 g/mol. The van der Waals surface area contributed by atoms with Crippen molar-refractivity contribution in [3.05, 3.63) is 29.1 Å². The molecule has 0 unspecified atom stereocenters. The highest BCUT2D eigenvalue weighted by molar-refractivity contribution is 5.95. The fraction of sp³-hybridized carbons (Fsp3) is 0.111. The second kappa shape index (κ2) is 5.50. The van der Waals surface area contributed by atoms with Gasteiger partial charge in [0.15, 0.2) is 23.3 Å². The molecule has 19 heavy (non-hydrogen) atoms. The lowest BCUT2D eigenvalue weighted by atomic mass is 10.2. The van der Waals surface area contributed by atoms with E-state index in [1.165, 1.54) is 5.32 Å². The van der Waals surface area contributed by atoms with Crippen LogP contribution in [0.2, 0.25) is 0 Å². The first-order chi connectivity index (χ1) is 8.75. The smallest absolute Gasteiger partial charge is 0.318 e. The van der Waals surface area contributed by atoms with E-state index in [0.717, 1.165) is 0 Å². The van der Waals surface area contributed by atoms with Gasteiger partial charge in [0.2, 0.25) is 11.7 Å². The van der Waals surface area contributed by atoms with Gasteiger partial charge in [-0.15, -0.1) is 0 Å². The van der Waals surface area contributed by atoms with E-state index in [9.17, 15) is 31.5 Å². The molecule has 0 atom stereocenters. The van der Waals surface area contributed by atoms with Crippen LogP contribution in [0.3, 0.4) is 0 Å². The molecule has 3 amide bonds. The Hall–Kier alpha value is -2.39. The minimum Gasteiger partial charge on any atom is -0.371 e. The Labute approximate surface area is 102 Å². The van der Waals surface area contributed by atoms with E-state index in [-0.39, 0.29) is 0 Å². The highest BCUT2D eigenvalue weighted by Gasteiger charge is 2.25. The second-order valence-corrected chi connectivity index (χ2v) is 3.21. The fourth-order valence-electron chi connectivity index (χ4n) is 1.11. The topological polar surface area (TPSA) is 84.2 Å². The molecule has 0 aliphatic heterocycles. The number of amides is 3. The van der Waals surface area contributed by atoms with Gasteiger partial charge in [-0.05, 0) is 0 Å². The summed E-state index contributed by atoms with van der Waals surface area (Å²) in [5.41, 5.74) is 3.20. The Morgan fingerprint density at radius 2 is 1.32 bits per heavy atom. The Morgan fingerprint density at radius 1 is 0.895 bits per heavy atom. The third-order valence-electron chi connectivity index (χ3n) is 1.90. The molecular formula is C9H6F5N3O2. The Bertz CT molecular complexity index is 520. The summed E-state index contributed by atoms with van der Waals surface area (Å²) < 4.78 is 64.4. The lowest BCUT2D eigenvalue weighted by molar-refractivity contribution is -0.118. The van der Waals surface area contributed by atoms with Crippen molar-refractivity contribution < 1.29 is 31.5 Å². The van der Waals surface area contributed by atoms with Crippen LogP contribution in [-0.4, -0.2) is 18.5 Å². The number of carbonyl (C=O) groups is 2. The molecule has 0 saturated heterocycles. The highest BCUT2D eigenvalue weighted by atomic mass is 19.2. The number of primary amides is 1. The predicted molar refractivity (Wildman–Crippen MR) is 52.4 cm³/mol. The van der Waals surface area contributed by atoms with Crippen molar-refractivity contribution in [3.63, 3.8) is 0 Å². The van der Waals surface area contributed by atoms with E-state index in [1.54, 1.807) is 5.32 Å². The number of anilines is 1. The van der Waals surface area contributed by atoms with Gasteiger partial charge in [-0.2, -0.15) is 0 Å². The Kier molecular flexibility index (Phi) is 4.25. The van der Waals surface area contributed by atoms with Gasteiger partial charge in [0.05, 0.1) is 6.54 Å². The van der Waals surface area contributed by atoms with Gasteiger partial charge in [0.1, 0.15) is 5.69 Å². The summed E-state index contributed by atoms with van der Waals surface area (Å²) in [6.07, 6.45) is 0. The first-order valence-electron chi connectivity index (χ1n) is 4.60. The normalized spacial score (nSPS) is 10.2. The van der Waals surface area contributed by atoms with Crippen LogP contribution in [0.5, 0.6) is 0 Å². The van der Waals surface area contributed by atoms with Crippen molar-refractivity contribution in [2.45, 2.75) is 0 Å². The van der Waals surface area contributed by atoms with Crippen LogP contribution in [0.15, 0.2) is 0 Å². The van der Waals surface area contributed by atoms with Crippen LogP contribution in [0.1, 0.15) is 0 Å². The largest absolute Gasteiger partial charge is 0.371 e. The van der Waals surface area contributed by atoms with Crippen molar-refractivity contribution >= 4 is 17.6 Å². The van der Waals surface area contributed by atoms with E-state index in [4.69, 9.17) is 0 Å². The zero-order chi connectivity index (χ0) is 14.7. The number of halogens is 5. The molecule has 0 aliphatic carbocycles. The lowest BCUT2D eigenvalue weighted by Crippen LogP contribution is -2.38. The summed E-state index contributed by atoms with van der Waals surface area (Å²) in [7, 11) is 0. The molecule has 5 nitrogen and oxygen atoms in total. The quantitative estimate of drug-likeness (QED) is 0.439. The second-order valence-electron chi connectivity index (χ2n) is 3.21. The number of urea groups is 1. The zero-order valence-corrected chi connectivity index (χ0v) is 8.99. The number of nitrogens with two attached hydrogens (primary N) is 1.